The molecule has 0 saturated carbocycles. The molecule has 1 aliphatic rings. The van der Waals surface area contributed by atoms with E-state index in [9.17, 15) is 22.8 Å². The van der Waals surface area contributed by atoms with Crippen LogP contribution in [0.5, 0.6) is 0 Å². The second-order valence-corrected chi connectivity index (χ2v) is 6.18. The number of carbonyl (C=O) groups is 2. The molecule has 7 heteroatoms. The van der Waals surface area contributed by atoms with E-state index in [1.807, 2.05) is 6.92 Å². The second-order valence-electron chi connectivity index (χ2n) is 6.18. The molecular weight excluding hydrogens is 345 g/mol. The number of hydrogen-bond donors (Lipinski definition) is 1. The number of hydrogen-bond acceptors (Lipinski definition) is 2. The van der Waals surface area contributed by atoms with Crippen molar-refractivity contribution in [3.63, 3.8) is 0 Å². The lowest BCUT2D eigenvalue weighted by atomic mass is 10.1. The quantitative estimate of drug-likeness (QED) is 0.880. The number of halogens is 3. The summed E-state index contributed by atoms with van der Waals surface area (Å²) in [6, 6.07) is 9.34. The van der Waals surface area contributed by atoms with Gasteiger partial charge in [0.05, 0.1) is 5.56 Å². The van der Waals surface area contributed by atoms with Gasteiger partial charge < -0.3 is 10.2 Å². The van der Waals surface area contributed by atoms with Crippen LogP contribution >= 0.6 is 0 Å². The van der Waals surface area contributed by atoms with Crippen LogP contribution in [0.15, 0.2) is 42.5 Å². The van der Waals surface area contributed by atoms with E-state index >= 15 is 0 Å². The van der Waals surface area contributed by atoms with Gasteiger partial charge in [0, 0.05) is 29.9 Å². The summed E-state index contributed by atoms with van der Waals surface area (Å²) in [6.07, 6.45) is -3.25. The maximum Gasteiger partial charge on any atom is 0.416 e. The fourth-order valence-electron chi connectivity index (χ4n) is 2.92. The molecule has 0 spiro atoms. The molecule has 0 bridgehead atoms. The van der Waals surface area contributed by atoms with E-state index in [0.29, 0.717) is 24.3 Å². The van der Waals surface area contributed by atoms with E-state index in [1.54, 1.807) is 23.1 Å². The lowest BCUT2D eigenvalue weighted by Crippen LogP contribution is -2.24. The van der Waals surface area contributed by atoms with Gasteiger partial charge in [-0.1, -0.05) is 12.1 Å². The Labute approximate surface area is 148 Å². The fraction of sp³-hybridized carbons (Fsp3) is 0.263. The third-order valence-corrected chi connectivity index (χ3v) is 4.28. The summed E-state index contributed by atoms with van der Waals surface area (Å²) in [4.78, 5) is 25.9. The Balaban J connectivity index is 1.83. The van der Waals surface area contributed by atoms with Gasteiger partial charge in [0.25, 0.3) is 5.91 Å². The molecule has 0 atom stereocenters. The average molecular weight is 362 g/mol. The van der Waals surface area contributed by atoms with Crippen molar-refractivity contribution < 1.29 is 22.8 Å². The number of benzene rings is 2. The summed E-state index contributed by atoms with van der Waals surface area (Å²) in [5.74, 6) is -0.617. The number of rotatable bonds is 3. The molecule has 0 aromatic heterocycles. The minimum atomic E-state index is -4.51. The van der Waals surface area contributed by atoms with Gasteiger partial charge in [-0.15, -0.1) is 0 Å². The van der Waals surface area contributed by atoms with E-state index in [2.05, 4.69) is 5.32 Å². The molecule has 2 aromatic rings. The zero-order valence-corrected chi connectivity index (χ0v) is 14.1. The first-order valence-corrected chi connectivity index (χ1v) is 8.15. The highest BCUT2D eigenvalue weighted by Crippen LogP contribution is 2.30. The Hall–Kier alpha value is -2.83. The molecule has 136 valence electrons. The molecule has 1 fully saturated rings. The minimum Gasteiger partial charge on any atom is -0.322 e. The van der Waals surface area contributed by atoms with E-state index in [-0.39, 0.29) is 11.5 Å². The van der Waals surface area contributed by atoms with E-state index in [4.69, 9.17) is 0 Å². The number of anilines is 2. The second kappa shape index (κ2) is 6.82. The van der Waals surface area contributed by atoms with Gasteiger partial charge in [-0.25, -0.2) is 0 Å². The van der Waals surface area contributed by atoms with Crippen molar-refractivity contribution in [2.24, 2.45) is 0 Å². The predicted octanol–water partition coefficient (Wildman–Crippen LogP) is 4.39. The first-order valence-electron chi connectivity index (χ1n) is 8.15. The molecule has 1 aliphatic heterocycles. The molecule has 2 amide bonds. The van der Waals surface area contributed by atoms with Crippen LogP contribution in [0.4, 0.5) is 24.5 Å². The van der Waals surface area contributed by atoms with Gasteiger partial charge >= 0.3 is 6.18 Å². The van der Waals surface area contributed by atoms with Crippen LogP contribution in [0.1, 0.15) is 34.3 Å². The van der Waals surface area contributed by atoms with E-state index < -0.39 is 17.6 Å². The molecule has 0 aliphatic carbocycles. The Morgan fingerprint density at radius 3 is 2.58 bits per heavy atom. The topological polar surface area (TPSA) is 49.4 Å². The third-order valence-electron chi connectivity index (χ3n) is 4.28. The Morgan fingerprint density at radius 1 is 1.15 bits per heavy atom. The van der Waals surface area contributed by atoms with Crippen LogP contribution in [-0.2, 0) is 11.0 Å². The Kier molecular flexibility index (Phi) is 4.71. The van der Waals surface area contributed by atoms with Gasteiger partial charge in [0.1, 0.15) is 0 Å². The molecule has 1 saturated heterocycles. The number of amides is 2. The molecule has 1 N–H and O–H groups in total. The maximum atomic E-state index is 12.8. The highest BCUT2D eigenvalue weighted by Gasteiger charge is 2.31. The Morgan fingerprint density at radius 2 is 1.92 bits per heavy atom. The van der Waals surface area contributed by atoms with Crippen molar-refractivity contribution in [3.8, 4) is 0 Å². The number of nitrogens with zero attached hydrogens (tertiary/aromatic N) is 1. The summed E-state index contributed by atoms with van der Waals surface area (Å²) < 4.78 is 38.4. The van der Waals surface area contributed by atoms with Crippen molar-refractivity contribution in [1.29, 1.82) is 0 Å². The van der Waals surface area contributed by atoms with Crippen molar-refractivity contribution in [2.75, 3.05) is 16.8 Å². The molecular formula is C19H17F3N2O2. The highest BCUT2D eigenvalue weighted by molar-refractivity contribution is 6.05. The number of aryl methyl sites for hydroxylation is 1. The van der Waals surface area contributed by atoms with Gasteiger partial charge in [0.15, 0.2) is 0 Å². The van der Waals surface area contributed by atoms with Gasteiger partial charge in [0.2, 0.25) is 5.91 Å². The molecule has 0 unspecified atom stereocenters. The minimum absolute atomic E-state index is 0.0226. The van der Waals surface area contributed by atoms with E-state index in [1.165, 1.54) is 12.1 Å². The SMILES string of the molecule is Cc1ccc(NC(=O)c2cccc(C(F)(F)F)c2)cc1N1CCCC1=O. The summed E-state index contributed by atoms with van der Waals surface area (Å²) in [7, 11) is 0. The Bertz CT molecular complexity index is 862. The van der Waals surface area contributed by atoms with E-state index in [0.717, 1.165) is 24.1 Å². The molecule has 0 radical (unpaired) electrons. The monoisotopic (exact) mass is 362 g/mol. The van der Waals surface area contributed by atoms with Crippen LogP contribution in [0.3, 0.4) is 0 Å². The van der Waals surface area contributed by atoms with Crippen LogP contribution in [0.25, 0.3) is 0 Å². The standard InChI is InChI=1S/C19H17F3N2O2/c1-12-7-8-15(11-16(12)24-9-3-6-17(24)25)23-18(26)13-4-2-5-14(10-13)19(20,21)22/h2,4-5,7-8,10-11H,3,6,9H2,1H3,(H,23,26). The normalized spacial score (nSPS) is 14.6. The van der Waals surface area contributed by atoms with Crippen LogP contribution in [-0.4, -0.2) is 18.4 Å². The summed E-state index contributed by atoms with van der Waals surface area (Å²) in [6.45, 7) is 2.48. The first kappa shape index (κ1) is 18.0. The number of alkyl halides is 3. The van der Waals surface area contributed by atoms with Gasteiger partial charge in [-0.2, -0.15) is 13.2 Å². The predicted molar refractivity (Wildman–Crippen MR) is 92.2 cm³/mol. The number of carbonyl (C=O) groups excluding carboxylic acids is 2. The molecule has 26 heavy (non-hydrogen) atoms. The lowest BCUT2D eigenvalue weighted by Gasteiger charge is -2.19. The zero-order valence-electron chi connectivity index (χ0n) is 14.1. The van der Waals surface area contributed by atoms with Crippen LogP contribution in [0.2, 0.25) is 0 Å². The van der Waals surface area contributed by atoms with Crippen molar-refractivity contribution in [1.82, 2.24) is 0 Å². The summed E-state index contributed by atoms with van der Waals surface area (Å²) in [5, 5.41) is 2.60. The molecule has 3 rings (SSSR count). The molecule has 2 aromatic carbocycles. The number of nitrogens with one attached hydrogen (secondary N) is 1. The van der Waals surface area contributed by atoms with Crippen LogP contribution in [0, 0.1) is 6.92 Å². The van der Waals surface area contributed by atoms with Crippen LogP contribution < -0.4 is 10.2 Å². The third kappa shape index (κ3) is 3.71. The summed E-state index contributed by atoms with van der Waals surface area (Å²) >= 11 is 0. The van der Waals surface area contributed by atoms with Crippen molar-refractivity contribution in [2.45, 2.75) is 25.9 Å². The summed E-state index contributed by atoms with van der Waals surface area (Å²) in [5.41, 5.74) is 1.05. The lowest BCUT2D eigenvalue weighted by molar-refractivity contribution is -0.137. The average Bonchev–Trinajstić information content (AvgIpc) is 3.02. The molecule has 4 nitrogen and oxygen atoms in total. The maximum absolute atomic E-state index is 12.8. The van der Waals surface area contributed by atoms with Crippen molar-refractivity contribution >= 4 is 23.2 Å². The zero-order chi connectivity index (χ0) is 18.9. The highest BCUT2D eigenvalue weighted by atomic mass is 19.4. The largest absolute Gasteiger partial charge is 0.416 e. The first-order chi connectivity index (χ1) is 12.3. The van der Waals surface area contributed by atoms with Crippen molar-refractivity contribution in [3.05, 3.63) is 59.2 Å². The fourth-order valence-corrected chi connectivity index (χ4v) is 2.92. The van der Waals surface area contributed by atoms with Gasteiger partial charge in [-0.05, 0) is 49.2 Å². The van der Waals surface area contributed by atoms with Gasteiger partial charge in [-0.3, -0.25) is 9.59 Å². The smallest absolute Gasteiger partial charge is 0.322 e. The molecule has 1 heterocycles.